The molecule has 0 aliphatic heterocycles. The summed E-state index contributed by atoms with van der Waals surface area (Å²) in [5.74, 6) is 0. The maximum absolute atomic E-state index is 12.5. The first-order chi connectivity index (χ1) is 10.1. The number of hydrogen-bond acceptors (Lipinski definition) is 4. The summed E-state index contributed by atoms with van der Waals surface area (Å²) in [7, 11) is 0. The van der Waals surface area contributed by atoms with Crippen LogP contribution in [0.1, 0.15) is 31.4 Å². The summed E-state index contributed by atoms with van der Waals surface area (Å²) in [6.07, 6.45) is 2.09. The summed E-state index contributed by atoms with van der Waals surface area (Å²) in [5, 5.41) is 11.6. The quantitative estimate of drug-likeness (QED) is 0.927. The van der Waals surface area contributed by atoms with Gasteiger partial charge in [0.1, 0.15) is 5.51 Å². The van der Waals surface area contributed by atoms with E-state index < -0.39 is 0 Å². The van der Waals surface area contributed by atoms with E-state index in [4.69, 9.17) is 11.6 Å². The van der Waals surface area contributed by atoms with E-state index in [0.29, 0.717) is 16.2 Å². The molecular weight excluding hydrogens is 308 g/mol. The molecule has 1 saturated carbocycles. The second-order valence-corrected chi connectivity index (χ2v) is 6.31. The van der Waals surface area contributed by atoms with Gasteiger partial charge in [-0.1, -0.05) is 35.1 Å². The molecular formula is C14H15ClN4OS. The van der Waals surface area contributed by atoms with Gasteiger partial charge >= 0.3 is 6.03 Å². The Labute approximate surface area is 131 Å². The molecule has 2 aromatic rings. The van der Waals surface area contributed by atoms with Crippen LogP contribution in [0.25, 0.3) is 0 Å². The molecule has 3 rings (SSSR count). The Hall–Kier alpha value is -1.66. The summed E-state index contributed by atoms with van der Waals surface area (Å²) >= 11 is 7.23. The third-order valence-electron chi connectivity index (χ3n) is 3.52. The Morgan fingerprint density at radius 2 is 2.14 bits per heavy atom. The molecule has 7 heteroatoms. The molecule has 1 aromatic heterocycles. The second kappa shape index (κ2) is 5.99. The highest BCUT2D eigenvalue weighted by molar-refractivity contribution is 7.13. The van der Waals surface area contributed by atoms with E-state index in [0.717, 1.165) is 18.4 Å². The minimum atomic E-state index is -0.128. The predicted octanol–water partition coefficient (Wildman–Crippen LogP) is 3.95. The zero-order chi connectivity index (χ0) is 14.8. The highest BCUT2D eigenvalue weighted by Crippen LogP contribution is 2.35. The number of benzene rings is 1. The predicted molar refractivity (Wildman–Crippen MR) is 83.7 cm³/mol. The van der Waals surface area contributed by atoms with Crippen LogP contribution in [-0.2, 0) is 0 Å². The van der Waals surface area contributed by atoms with E-state index in [1.165, 1.54) is 11.3 Å². The monoisotopic (exact) mass is 322 g/mol. The number of nitrogens with one attached hydrogen (secondary N) is 1. The molecule has 1 aromatic carbocycles. The summed E-state index contributed by atoms with van der Waals surface area (Å²) in [6, 6.07) is 7.77. The second-order valence-electron chi connectivity index (χ2n) is 5.04. The van der Waals surface area contributed by atoms with Crippen LogP contribution in [0.4, 0.5) is 9.93 Å². The average Bonchev–Trinajstić information content (AvgIpc) is 3.16. The number of rotatable bonds is 4. The van der Waals surface area contributed by atoms with Crippen molar-refractivity contribution in [2.75, 3.05) is 5.32 Å². The molecule has 0 spiro atoms. The van der Waals surface area contributed by atoms with Crippen LogP contribution < -0.4 is 5.32 Å². The van der Waals surface area contributed by atoms with E-state index >= 15 is 0 Å². The Balaban J connectivity index is 1.77. The fourth-order valence-corrected chi connectivity index (χ4v) is 2.86. The van der Waals surface area contributed by atoms with Gasteiger partial charge < -0.3 is 4.90 Å². The highest BCUT2D eigenvalue weighted by atomic mass is 35.5. The number of urea groups is 1. The van der Waals surface area contributed by atoms with Gasteiger partial charge in [-0.3, -0.25) is 5.32 Å². The van der Waals surface area contributed by atoms with Gasteiger partial charge in [-0.15, -0.1) is 10.2 Å². The molecule has 1 atom stereocenters. The van der Waals surface area contributed by atoms with E-state index in [9.17, 15) is 4.79 Å². The minimum absolute atomic E-state index is 0.0114. The highest BCUT2D eigenvalue weighted by Gasteiger charge is 2.36. The summed E-state index contributed by atoms with van der Waals surface area (Å²) in [4.78, 5) is 14.4. The largest absolute Gasteiger partial charge is 0.324 e. The van der Waals surface area contributed by atoms with E-state index in [1.54, 1.807) is 5.51 Å². The van der Waals surface area contributed by atoms with Crippen LogP contribution in [0, 0.1) is 0 Å². The Morgan fingerprint density at radius 3 is 2.71 bits per heavy atom. The number of anilines is 1. The SMILES string of the molecule is CC(c1ccc(Cl)cc1)N(C(=O)Nc1nncs1)C1CC1. The van der Waals surface area contributed by atoms with Crippen molar-refractivity contribution in [3.63, 3.8) is 0 Å². The number of carbonyl (C=O) groups is 1. The van der Waals surface area contributed by atoms with Crippen LogP contribution >= 0.6 is 22.9 Å². The first kappa shape index (κ1) is 14.3. The molecule has 21 heavy (non-hydrogen) atoms. The van der Waals surface area contributed by atoms with Crippen LogP contribution in [0.2, 0.25) is 5.02 Å². The molecule has 1 heterocycles. The van der Waals surface area contributed by atoms with Crippen molar-refractivity contribution in [3.05, 3.63) is 40.4 Å². The molecule has 1 aliphatic carbocycles. The Bertz CT molecular complexity index is 612. The molecule has 5 nitrogen and oxygen atoms in total. The minimum Gasteiger partial charge on any atom is -0.315 e. The average molecular weight is 323 g/mol. The first-order valence-corrected chi connectivity index (χ1v) is 8.02. The van der Waals surface area contributed by atoms with E-state index in [-0.39, 0.29) is 12.1 Å². The molecule has 1 fully saturated rings. The van der Waals surface area contributed by atoms with Gasteiger partial charge in [-0.2, -0.15) is 0 Å². The molecule has 2 amide bonds. The fourth-order valence-electron chi connectivity index (χ4n) is 2.30. The van der Waals surface area contributed by atoms with Gasteiger partial charge in [0.15, 0.2) is 0 Å². The lowest BCUT2D eigenvalue weighted by Gasteiger charge is -2.29. The number of hydrogen-bond donors (Lipinski definition) is 1. The van der Waals surface area contributed by atoms with Crippen molar-refractivity contribution < 1.29 is 4.79 Å². The number of nitrogens with zero attached hydrogens (tertiary/aromatic N) is 3. The van der Waals surface area contributed by atoms with Crippen LogP contribution in [-0.4, -0.2) is 27.2 Å². The van der Waals surface area contributed by atoms with Crippen molar-refractivity contribution in [3.8, 4) is 0 Å². The summed E-state index contributed by atoms with van der Waals surface area (Å²) in [6.45, 7) is 2.03. The lowest BCUT2D eigenvalue weighted by atomic mass is 10.1. The molecule has 0 radical (unpaired) electrons. The Kier molecular flexibility index (Phi) is 4.07. The van der Waals surface area contributed by atoms with Gasteiger partial charge in [0.05, 0.1) is 6.04 Å². The normalized spacial score (nSPS) is 15.5. The van der Waals surface area contributed by atoms with Crippen molar-refractivity contribution in [2.45, 2.75) is 31.8 Å². The van der Waals surface area contributed by atoms with Gasteiger partial charge in [0.25, 0.3) is 0 Å². The van der Waals surface area contributed by atoms with E-state index in [1.807, 2.05) is 36.1 Å². The molecule has 1 N–H and O–H groups in total. The van der Waals surface area contributed by atoms with Crippen molar-refractivity contribution >= 4 is 34.1 Å². The fraction of sp³-hybridized carbons (Fsp3) is 0.357. The van der Waals surface area contributed by atoms with Gasteiger partial charge in [-0.05, 0) is 37.5 Å². The van der Waals surface area contributed by atoms with E-state index in [2.05, 4.69) is 15.5 Å². The zero-order valence-corrected chi connectivity index (χ0v) is 13.1. The summed E-state index contributed by atoms with van der Waals surface area (Å²) < 4.78 is 0. The lowest BCUT2D eigenvalue weighted by molar-refractivity contribution is 0.189. The molecule has 0 saturated heterocycles. The van der Waals surface area contributed by atoms with Crippen LogP contribution in [0.5, 0.6) is 0 Å². The number of carbonyl (C=O) groups excluding carboxylic acids is 1. The standard InChI is InChI=1S/C14H15ClN4OS/c1-9(10-2-4-11(15)5-3-10)19(12-6-7-12)14(20)17-13-18-16-8-21-13/h2-5,8-9,12H,6-7H2,1H3,(H,17,18,20). The number of aromatic nitrogens is 2. The topological polar surface area (TPSA) is 58.1 Å². The summed E-state index contributed by atoms with van der Waals surface area (Å²) in [5.41, 5.74) is 2.67. The van der Waals surface area contributed by atoms with Crippen molar-refractivity contribution in [2.24, 2.45) is 0 Å². The van der Waals surface area contributed by atoms with Gasteiger partial charge in [0, 0.05) is 11.1 Å². The van der Waals surface area contributed by atoms with Crippen LogP contribution in [0.15, 0.2) is 29.8 Å². The zero-order valence-electron chi connectivity index (χ0n) is 11.5. The van der Waals surface area contributed by atoms with Gasteiger partial charge in [-0.25, -0.2) is 4.79 Å². The molecule has 1 unspecified atom stereocenters. The van der Waals surface area contributed by atoms with Crippen molar-refractivity contribution in [1.82, 2.24) is 15.1 Å². The van der Waals surface area contributed by atoms with Crippen molar-refractivity contribution in [1.29, 1.82) is 0 Å². The third kappa shape index (κ3) is 3.33. The van der Waals surface area contributed by atoms with Gasteiger partial charge in [0.2, 0.25) is 5.13 Å². The maximum atomic E-state index is 12.5. The third-order valence-corrected chi connectivity index (χ3v) is 4.38. The smallest absolute Gasteiger partial charge is 0.315 e. The Morgan fingerprint density at radius 1 is 1.43 bits per heavy atom. The molecule has 1 aliphatic rings. The molecule has 110 valence electrons. The first-order valence-electron chi connectivity index (χ1n) is 6.76. The number of halogens is 1. The molecule has 0 bridgehead atoms. The lowest BCUT2D eigenvalue weighted by Crippen LogP contribution is -2.38. The van der Waals surface area contributed by atoms with Crippen LogP contribution in [0.3, 0.4) is 0 Å². The maximum Gasteiger partial charge on any atom is 0.324 e. The number of amides is 2.